The Bertz CT molecular complexity index is 805. The van der Waals surface area contributed by atoms with Gasteiger partial charge < -0.3 is 4.90 Å². The van der Waals surface area contributed by atoms with Gasteiger partial charge in [-0.1, -0.05) is 32.9 Å². The maximum absolute atomic E-state index is 4.67. The van der Waals surface area contributed by atoms with E-state index in [4.69, 9.17) is 0 Å². The van der Waals surface area contributed by atoms with Gasteiger partial charge in [-0.15, -0.1) is 0 Å². The van der Waals surface area contributed by atoms with Gasteiger partial charge in [0.15, 0.2) is 5.82 Å². The molecule has 0 fully saturated rings. The summed E-state index contributed by atoms with van der Waals surface area (Å²) < 4.78 is 0. The van der Waals surface area contributed by atoms with E-state index in [1.807, 2.05) is 25.2 Å². The van der Waals surface area contributed by atoms with Gasteiger partial charge in [0.2, 0.25) is 0 Å². The number of aromatic nitrogens is 3. The highest BCUT2D eigenvalue weighted by Gasteiger charge is 2.14. The maximum Gasteiger partial charge on any atom is 0.163 e. The fraction of sp³-hybridized carbons (Fsp3) is 0.250. The van der Waals surface area contributed by atoms with Crippen molar-refractivity contribution in [1.29, 1.82) is 0 Å². The van der Waals surface area contributed by atoms with Crippen LogP contribution in [-0.2, 0) is 5.41 Å². The zero-order valence-electron chi connectivity index (χ0n) is 14.6. The third-order valence-electron chi connectivity index (χ3n) is 4.02. The second kappa shape index (κ2) is 6.40. The van der Waals surface area contributed by atoms with Crippen LogP contribution in [0.25, 0.3) is 11.4 Å². The van der Waals surface area contributed by atoms with E-state index >= 15 is 0 Å². The zero-order valence-corrected chi connectivity index (χ0v) is 14.6. The van der Waals surface area contributed by atoms with Crippen LogP contribution >= 0.6 is 0 Å². The molecule has 0 unspecified atom stereocenters. The lowest BCUT2D eigenvalue weighted by molar-refractivity contribution is 0.590. The molecule has 4 nitrogen and oxygen atoms in total. The van der Waals surface area contributed by atoms with Gasteiger partial charge in [-0.2, -0.15) is 0 Å². The van der Waals surface area contributed by atoms with E-state index in [1.54, 1.807) is 18.6 Å². The lowest BCUT2D eigenvalue weighted by Gasteiger charge is -2.22. The van der Waals surface area contributed by atoms with Gasteiger partial charge in [0.1, 0.15) is 5.82 Å². The summed E-state index contributed by atoms with van der Waals surface area (Å²) in [6.07, 6.45) is 5.30. The number of hydrogen-bond acceptors (Lipinski definition) is 4. The fourth-order valence-corrected chi connectivity index (χ4v) is 2.49. The Morgan fingerprint density at radius 2 is 1.67 bits per heavy atom. The van der Waals surface area contributed by atoms with Crippen molar-refractivity contribution in [3.63, 3.8) is 0 Å². The molecule has 1 aromatic carbocycles. The van der Waals surface area contributed by atoms with E-state index in [0.29, 0.717) is 5.82 Å². The predicted octanol–water partition coefficient (Wildman–Crippen LogP) is 4.60. The Morgan fingerprint density at radius 1 is 0.917 bits per heavy atom. The van der Waals surface area contributed by atoms with E-state index in [1.165, 1.54) is 5.56 Å². The molecule has 0 bridgehead atoms. The molecule has 2 aromatic heterocycles. The molecule has 0 atom stereocenters. The standard InChI is InChI=1S/C20H22N4/c1-20(2,3)16-7-9-17(10-8-16)24(4)18-11-13-22-19(23-18)15-6-5-12-21-14-15/h5-14H,1-4H3. The smallest absolute Gasteiger partial charge is 0.163 e. The molecular weight excluding hydrogens is 296 g/mol. The van der Waals surface area contributed by atoms with Crippen LogP contribution in [0.2, 0.25) is 0 Å². The Kier molecular flexibility index (Phi) is 4.30. The van der Waals surface area contributed by atoms with E-state index in [-0.39, 0.29) is 5.41 Å². The predicted molar refractivity (Wildman–Crippen MR) is 98.5 cm³/mol. The molecule has 0 saturated carbocycles. The lowest BCUT2D eigenvalue weighted by Crippen LogP contribution is -2.14. The Labute approximate surface area is 143 Å². The summed E-state index contributed by atoms with van der Waals surface area (Å²) in [6.45, 7) is 6.66. The summed E-state index contributed by atoms with van der Waals surface area (Å²) in [6, 6.07) is 14.4. The monoisotopic (exact) mass is 318 g/mol. The van der Waals surface area contributed by atoms with E-state index in [9.17, 15) is 0 Å². The van der Waals surface area contributed by atoms with Crippen LogP contribution in [0.15, 0.2) is 61.1 Å². The minimum absolute atomic E-state index is 0.152. The first-order chi connectivity index (χ1) is 11.4. The molecule has 0 spiro atoms. The van der Waals surface area contributed by atoms with Gasteiger partial charge in [0.25, 0.3) is 0 Å². The first-order valence-electron chi connectivity index (χ1n) is 8.03. The van der Waals surface area contributed by atoms with Crippen LogP contribution in [0.4, 0.5) is 11.5 Å². The van der Waals surface area contributed by atoms with Crippen LogP contribution in [0.5, 0.6) is 0 Å². The van der Waals surface area contributed by atoms with Crippen LogP contribution in [0, 0.1) is 0 Å². The number of nitrogens with zero attached hydrogens (tertiary/aromatic N) is 4. The van der Waals surface area contributed by atoms with Gasteiger partial charge in [0.05, 0.1) is 0 Å². The molecule has 0 radical (unpaired) electrons. The maximum atomic E-state index is 4.67. The molecule has 3 aromatic rings. The van der Waals surface area contributed by atoms with Gasteiger partial charge in [-0.05, 0) is 41.3 Å². The van der Waals surface area contributed by atoms with Crippen molar-refractivity contribution in [1.82, 2.24) is 15.0 Å². The quantitative estimate of drug-likeness (QED) is 0.707. The second-order valence-corrected chi connectivity index (χ2v) is 6.84. The van der Waals surface area contributed by atoms with Crippen molar-refractivity contribution in [3.05, 3.63) is 66.6 Å². The Morgan fingerprint density at radius 3 is 2.29 bits per heavy atom. The van der Waals surface area contributed by atoms with Gasteiger partial charge in [0, 0.05) is 36.9 Å². The number of anilines is 2. The molecule has 2 heterocycles. The van der Waals surface area contributed by atoms with Gasteiger partial charge >= 0.3 is 0 Å². The van der Waals surface area contributed by atoms with Crippen LogP contribution in [0.3, 0.4) is 0 Å². The van der Waals surface area contributed by atoms with Gasteiger partial charge in [-0.3, -0.25) is 4.98 Å². The number of benzene rings is 1. The van der Waals surface area contributed by atoms with Crippen molar-refractivity contribution in [2.24, 2.45) is 0 Å². The molecule has 0 aliphatic heterocycles. The zero-order chi connectivity index (χ0) is 17.2. The molecule has 0 amide bonds. The van der Waals surface area contributed by atoms with E-state index < -0.39 is 0 Å². The minimum Gasteiger partial charge on any atom is -0.329 e. The van der Waals surface area contributed by atoms with Crippen LogP contribution in [0.1, 0.15) is 26.3 Å². The Balaban J connectivity index is 1.89. The highest BCUT2D eigenvalue weighted by molar-refractivity contribution is 5.62. The summed E-state index contributed by atoms with van der Waals surface area (Å²) in [4.78, 5) is 15.2. The molecule has 0 aliphatic rings. The van der Waals surface area contributed by atoms with Crippen molar-refractivity contribution in [2.75, 3.05) is 11.9 Å². The molecule has 0 saturated heterocycles. The van der Waals surface area contributed by atoms with Crippen LogP contribution in [-0.4, -0.2) is 22.0 Å². The first kappa shape index (κ1) is 16.1. The first-order valence-corrected chi connectivity index (χ1v) is 8.03. The molecule has 0 aliphatic carbocycles. The molecule has 0 N–H and O–H groups in total. The van der Waals surface area contributed by atoms with Crippen molar-refractivity contribution in [2.45, 2.75) is 26.2 Å². The topological polar surface area (TPSA) is 41.9 Å². The number of pyridine rings is 1. The third-order valence-corrected chi connectivity index (χ3v) is 4.02. The molecule has 122 valence electrons. The molecule has 4 heteroatoms. The van der Waals surface area contributed by atoms with Gasteiger partial charge in [-0.25, -0.2) is 9.97 Å². The molecule has 3 rings (SSSR count). The summed E-state index contributed by atoms with van der Waals surface area (Å²) in [7, 11) is 2.02. The fourth-order valence-electron chi connectivity index (χ4n) is 2.49. The normalized spacial score (nSPS) is 11.3. The average Bonchev–Trinajstić information content (AvgIpc) is 2.61. The summed E-state index contributed by atoms with van der Waals surface area (Å²) >= 11 is 0. The summed E-state index contributed by atoms with van der Waals surface area (Å²) in [5.41, 5.74) is 3.48. The summed E-state index contributed by atoms with van der Waals surface area (Å²) in [5.74, 6) is 1.53. The second-order valence-electron chi connectivity index (χ2n) is 6.84. The van der Waals surface area contributed by atoms with Crippen molar-refractivity contribution >= 4 is 11.5 Å². The minimum atomic E-state index is 0.152. The number of rotatable bonds is 3. The van der Waals surface area contributed by atoms with Crippen molar-refractivity contribution in [3.8, 4) is 11.4 Å². The average molecular weight is 318 g/mol. The summed E-state index contributed by atoms with van der Waals surface area (Å²) in [5, 5.41) is 0. The SMILES string of the molecule is CN(c1ccc(C(C)(C)C)cc1)c1ccnc(-c2cccnc2)n1. The number of hydrogen-bond donors (Lipinski definition) is 0. The highest BCUT2D eigenvalue weighted by atomic mass is 15.2. The lowest BCUT2D eigenvalue weighted by atomic mass is 9.87. The third kappa shape index (κ3) is 3.43. The van der Waals surface area contributed by atoms with Crippen LogP contribution < -0.4 is 4.90 Å². The van der Waals surface area contributed by atoms with Crippen molar-refractivity contribution < 1.29 is 0 Å². The largest absolute Gasteiger partial charge is 0.329 e. The highest BCUT2D eigenvalue weighted by Crippen LogP contribution is 2.27. The Hall–Kier alpha value is -2.75. The van der Waals surface area contributed by atoms with E-state index in [0.717, 1.165) is 17.1 Å². The van der Waals surface area contributed by atoms with E-state index in [2.05, 4.69) is 64.9 Å². The molecular formula is C20H22N4. The molecule has 24 heavy (non-hydrogen) atoms.